The highest BCUT2D eigenvalue weighted by atomic mass is 19.3. The van der Waals surface area contributed by atoms with E-state index in [9.17, 15) is 13.6 Å². The fourth-order valence-corrected chi connectivity index (χ4v) is 2.73. The molecular formula is C16H21F2NO2. The van der Waals surface area contributed by atoms with Crippen LogP contribution in [0.5, 0.6) is 0 Å². The van der Waals surface area contributed by atoms with Crippen molar-refractivity contribution in [3.8, 4) is 0 Å². The van der Waals surface area contributed by atoms with Gasteiger partial charge in [-0.05, 0) is 24.8 Å². The number of alkyl halides is 2. The molecule has 0 spiro atoms. The van der Waals surface area contributed by atoms with Crippen molar-refractivity contribution in [3.63, 3.8) is 0 Å². The highest BCUT2D eigenvalue weighted by molar-refractivity contribution is 5.79. The van der Waals surface area contributed by atoms with Gasteiger partial charge in [0.1, 0.15) is 0 Å². The number of hydrogen-bond donors (Lipinski definition) is 2. The monoisotopic (exact) mass is 297 g/mol. The number of hydrogen-bond acceptors (Lipinski definition) is 2. The van der Waals surface area contributed by atoms with Crippen molar-refractivity contribution in [2.45, 2.75) is 44.1 Å². The smallest absolute Gasteiger partial charge is 0.248 e. The first kappa shape index (κ1) is 15.9. The zero-order valence-corrected chi connectivity index (χ0v) is 11.9. The van der Waals surface area contributed by atoms with Gasteiger partial charge in [-0.3, -0.25) is 4.79 Å². The average Bonchev–Trinajstić information content (AvgIpc) is 2.47. The van der Waals surface area contributed by atoms with Crippen molar-refractivity contribution in [1.82, 2.24) is 5.32 Å². The zero-order valence-electron chi connectivity index (χ0n) is 11.9. The maximum absolute atomic E-state index is 13.1. The Bertz CT molecular complexity index is 455. The summed E-state index contributed by atoms with van der Waals surface area (Å²) in [6.45, 7) is -0.0391. The zero-order chi connectivity index (χ0) is 15.3. The second-order valence-corrected chi connectivity index (χ2v) is 5.61. The van der Waals surface area contributed by atoms with Crippen LogP contribution in [0.3, 0.4) is 0 Å². The van der Waals surface area contributed by atoms with Gasteiger partial charge in [-0.2, -0.15) is 0 Å². The van der Waals surface area contributed by atoms with Gasteiger partial charge in [0.2, 0.25) is 11.8 Å². The molecule has 1 unspecified atom stereocenters. The Morgan fingerprint density at radius 1 is 1.29 bits per heavy atom. The van der Waals surface area contributed by atoms with Crippen LogP contribution in [0.2, 0.25) is 0 Å². The number of carbonyl (C=O) groups excluding carboxylic acids is 1. The van der Waals surface area contributed by atoms with Crippen LogP contribution in [0.25, 0.3) is 0 Å². The van der Waals surface area contributed by atoms with Crippen LogP contribution in [-0.4, -0.2) is 23.5 Å². The van der Waals surface area contributed by atoms with Crippen LogP contribution >= 0.6 is 0 Å². The van der Waals surface area contributed by atoms with Crippen molar-refractivity contribution in [3.05, 3.63) is 35.9 Å². The van der Waals surface area contributed by atoms with Gasteiger partial charge in [-0.1, -0.05) is 30.3 Å². The van der Waals surface area contributed by atoms with Crippen LogP contribution in [0.4, 0.5) is 8.78 Å². The summed E-state index contributed by atoms with van der Waals surface area (Å²) in [6, 6.07) is 9.11. The number of aliphatic hydroxyl groups is 1. The predicted molar refractivity (Wildman–Crippen MR) is 75.9 cm³/mol. The third-order valence-electron chi connectivity index (χ3n) is 4.02. The molecule has 1 atom stereocenters. The van der Waals surface area contributed by atoms with E-state index in [1.807, 2.05) is 30.3 Å². The molecule has 2 N–H and O–H groups in total. The van der Waals surface area contributed by atoms with Crippen molar-refractivity contribution in [2.24, 2.45) is 5.92 Å². The van der Waals surface area contributed by atoms with E-state index in [2.05, 4.69) is 5.32 Å². The quantitative estimate of drug-likeness (QED) is 0.877. The fourth-order valence-electron chi connectivity index (χ4n) is 2.73. The summed E-state index contributed by atoms with van der Waals surface area (Å²) in [5, 5.41) is 12.0. The molecule has 1 saturated carbocycles. The molecule has 0 saturated heterocycles. The topological polar surface area (TPSA) is 49.3 Å². The summed E-state index contributed by atoms with van der Waals surface area (Å²) in [4.78, 5) is 12.2. The lowest BCUT2D eigenvalue weighted by molar-refractivity contribution is -0.130. The molecule has 1 aliphatic carbocycles. The molecule has 0 bridgehead atoms. The number of aliphatic hydroxyl groups excluding tert-OH is 1. The van der Waals surface area contributed by atoms with Gasteiger partial charge in [0.05, 0.1) is 6.04 Å². The van der Waals surface area contributed by atoms with E-state index in [-0.39, 0.29) is 50.2 Å². The van der Waals surface area contributed by atoms with Gasteiger partial charge in [-0.25, -0.2) is 8.78 Å². The Balaban J connectivity index is 1.96. The van der Waals surface area contributed by atoms with Crippen molar-refractivity contribution >= 4 is 5.91 Å². The number of halogens is 2. The van der Waals surface area contributed by atoms with Gasteiger partial charge in [-0.15, -0.1) is 0 Å². The number of amides is 1. The predicted octanol–water partition coefficient (Wildman–Crippen LogP) is 3.05. The molecule has 1 aromatic carbocycles. The highest BCUT2D eigenvalue weighted by Crippen LogP contribution is 2.36. The molecule has 2 rings (SSSR count). The molecule has 21 heavy (non-hydrogen) atoms. The van der Waals surface area contributed by atoms with Crippen LogP contribution in [0.1, 0.15) is 43.7 Å². The minimum absolute atomic E-state index is 0.0391. The Hall–Kier alpha value is -1.49. The maximum Gasteiger partial charge on any atom is 0.248 e. The summed E-state index contributed by atoms with van der Waals surface area (Å²) in [6.07, 6.45) is 0.416. The van der Waals surface area contributed by atoms with Gasteiger partial charge in [0.25, 0.3) is 0 Å². The normalized spacial score (nSPS) is 20.0. The van der Waals surface area contributed by atoms with Gasteiger partial charge < -0.3 is 10.4 Å². The van der Waals surface area contributed by atoms with Crippen LogP contribution in [0.15, 0.2) is 30.3 Å². The Morgan fingerprint density at radius 2 is 1.90 bits per heavy atom. The summed E-state index contributed by atoms with van der Waals surface area (Å²) < 4.78 is 26.2. The van der Waals surface area contributed by atoms with Crippen LogP contribution < -0.4 is 5.32 Å². The standard InChI is InChI=1S/C16H21F2NO2/c17-16(18)9-6-13(7-10-16)15(21)19-14(8-11-20)12-4-2-1-3-5-12/h1-5,13-14,20H,6-11H2,(H,19,21). The second kappa shape index (κ2) is 6.98. The number of benzene rings is 1. The largest absolute Gasteiger partial charge is 0.396 e. The molecule has 1 fully saturated rings. The van der Waals surface area contributed by atoms with Gasteiger partial charge in [0, 0.05) is 25.4 Å². The Morgan fingerprint density at radius 3 is 2.48 bits per heavy atom. The van der Waals surface area contributed by atoms with Gasteiger partial charge in [0.15, 0.2) is 0 Å². The van der Waals surface area contributed by atoms with E-state index in [1.165, 1.54) is 0 Å². The minimum atomic E-state index is -2.62. The minimum Gasteiger partial charge on any atom is -0.396 e. The highest BCUT2D eigenvalue weighted by Gasteiger charge is 2.37. The lowest BCUT2D eigenvalue weighted by Crippen LogP contribution is -2.38. The molecule has 1 amide bonds. The third-order valence-corrected chi connectivity index (χ3v) is 4.02. The first-order valence-corrected chi connectivity index (χ1v) is 7.36. The van der Waals surface area contributed by atoms with E-state index < -0.39 is 5.92 Å². The molecule has 1 aliphatic rings. The number of carbonyl (C=O) groups is 1. The fraction of sp³-hybridized carbons (Fsp3) is 0.562. The SMILES string of the molecule is O=C(NC(CCO)c1ccccc1)C1CCC(F)(F)CC1. The van der Waals surface area contributed by atoms with Crippen molar-refractivity contribution in [1.29, 1.82) is 0 Å². The van der Waals surface area contributed by atoms with Gasteiger partial charge >= 0.3 is 0 Å². The van der Waals surface area contributed by atoms with E-state index in [0.29, 0.717) is 6.42 Å². The lowest BCUT2D eigenvalue weighted by atomic mass is 9.86. The third kappa shape index (κ3) is 4.49. The van der Waals surface area contributed by atoms with E-state index in [0.717, 1.165) is 5.56 Å². The molecule has 0 radical (unpaired) electrons. The molecular weight excluding hydrogens is 276 g/mol. The summed E-state index contributed by atoms with van der Waals surface area (Å²) >= 11 is 0. The van der Waals surface area contributed by atoms with Crippen LogP contribution in [-0.2, 0) is 4.79 Å². The molecule has 0 aliphatic heterocycles. The average molecular weight is 297 g/mol. The van der Waals surface area contributed by atoms with E-state index >= 15 is 0 Å². The Labute approximate surface area is 123 Å². The summed E-state index contributed by atoms with van der Waals surface area (Å²) in [5.41, 5.74) is 0.918. The van der Waals surface area contributed by atoms with E-state index in [4.69, 9.17) is 5.11 Å². The summed E-state index contributed by atoms with van der Waals surface area (Å²) in [5.74, 6) is -3.16. The second-order valence-electron chi connectivity index (χ2n) is 5.61. The lowest BCUT2D eigenvalue weighted by Gasteiger charge is -2.29. The summed E-state index contributed by atoms with van der Waals surface area (Å²) in [7, 11) is 0. The molecule has 0 heterocycles. The van der Waals surface area contributed by atoms with Crippen molar-refractivity contribution in [2.75, 3.05) is 6.61 Å². The maximum atomic E-state index is 13.1. The van der Waals surface area contributed by atoms with Crippen molar-refractivity contribution < 1.29 is 18.7 Å². The van der Waals surface area contributed by atoms with Crippen LogP contribution in [0, 0.1) is 5.92 Å². The first-order chi connectivity index (χ1) is 10.0. The first-order valence-electron chi connectivity index (χ1n) is 7.36. The molecule has 0 aromatic heterocycles. The van der Waals surface area contributed by atoms with E-state index in [1.54, 1.807) is 0 Å². The molecule has 116 valence electrons. The molecule has 5 heteroatoms. The number of nitrogens with one attached hydrogen (secondary N) is 1. The molecule has 3 nitrogen and oxygen atoms in total. The Kier molecular flexibility index (Phi) is 5.28. The molecule has 1 aromatic rings. The number of rotatable bonds is 5.